The summed E-state index contributed by atoms with van der Waals surface area (Å²) in [6.07, 6.45) is 1.20. The first-order chi connectivity index (χ1) is 12.7. The van der Waals surface area contributed by atoms with E-state index < -0.39 is 0 Å². The van der Waals surface area contributed by atoms with E-state index in [0.717, 1.165) is 33.8 Å². The summed E-state index contributed by atoms with van der Waals surface area (Å²) in [7, 11) is 1.62. The maximum absolute atomic E-state index is 13.2. The van der Waals surface area contributed by atoms with E-state index in [0.29, 0.717) is 24.0 Å². The van der Waals surface area contributed by atoms with Gasteiger partial charge in [0.15, 0.2) is 11.6 Å². The second-order valence-electron chi connectivity index (χ2n) is 6.81. The Bertz CT molecular complexity index is 1030. The minimum Gasteiger partial charge on any atom is -0.497 e. The van der Waals surface area contributed by atoms with Gasteiger partial charge in [-0.15, -0.1) is 0 Å². The van der Waals surface area contributed by atoms with Gasteiger partial charge in [0, 0.05) is 40.3 Å². The van der Waals surface area contributed by atoms with Gasteiger partial charge in [-0.05, 0) is 24.1 Å². The summed E-state index contributed by atoms with van der Waals surface area (Å²) in [6.45, 7) is 0. The van der Waals surface area contributed by atoms with Crippen molar-refractivity contribution in [2.75, 3.05) is 7.11 Å². The average Bonchev–Trinajstić information content (AvgIpc) is 3.19. The highest BCUT2D eigenvalue weighted by Gasteiger charge is 2.44. The molecule has 0 amide bonds. The molecule has 0 bridgehead atoms. The lowest BCUT2D eigenvalue weighted by Crippen LogP contribution is -2.25. The van der Waals surface area contributed by atoms with Crippen LogP contribution in [0, 0.1) is 0 Å². The molecule has 4 nitrogen and oxygen atoms in total. The molecule has 3 aliphatic rings. The van der Waals surface area contributed by atoms with Crippen LogP contribution in [0.3, 0.4) is 0 Å². The molecule has 0 fully saturated rings. The Hall–Kier alpha value is -3.14. The van der Waals surface area contributed by atoms with Crippen molar-refractivity contribution >= 4 is 17.3 Å². The fourth-order valence-corrected chi connectivity index (χ4v) is 4.28. The molecular weight excluding hydrogens is 326 g/mol. The summed E-state index contributed by atoms with van der Waals surface area (Å²) < 4.78 is 5.25. The smallest absolute Gasteiger partial charge is 0.192 e. The number of benzene rings is 2. The minimum atomic E-state index is -0.318. The molecule has 2 aliphatic carbocycles. The highest BCUT2D eigenvalue weighted by atomic mass is 16.5. The van der Waals surface area contributed by atoms with Crippen LogP contribution in [0.2, 0.25) is 0 Å². The monoisotopic (exact) mass is 343 g/mol. The third-order valence-electron chi connectivity index (χ3n) is 5.48. The van der Waals surface area contributed by atoms with Gasteiger partial charge < -0.3 is 10.1 Å². The summed E-state index contributed by atoms with van der Waals surface area (Å²) >= 11 is 0. The summed E-state index contributed by atoms with van der Waals surface area (Å²) in [5, 5.41) is 3.41. The number of hydrogen-bond donors (Lipinski definition) is 1. The van der Waals surface area contributed by atoms with E-state index in [1.807, 2.05) is 48.5 Å². The standard InChI is InChI=1S/C22H17NO3/c1-26-13-8-6-12(7-9-13)18-19-16(10-11-17(19)24)23-21-14-4-2-3-5-15(14)22(25)20(18)21/h2-9,18,23H,10-11H2,1H3. The molecular formula is C22H17NO3. The average molecular weight is 343 g/mol. The van der Waals surface area contributed by atoms with Crippen molar-refractivity contribution in [3.8, 4) is 5.75 Å². The van der Waals surface area contributed by atoms with Crippen LogP contribution in [0.1, 0.15) is 40.2 Å². The first-order valence-corrected chi connectivity index (χ1v) is 8.74. The molecule has 2 aromatic rings. The van der Waals surface area contributed by atoms with Crippen LogP contribution in [0.15, 0.2) is 65.4 Å². The van der Waals surface area contributed by atoms with Crippen molar-refractivity contribution in [1.29, 1.82) is 0 Å². The van der Waals surface area contributed by atoms with E-state index in [-0.39, 0.29) is 17.5 Å². The Balaban J connectivity index is 1.72. The van der Waals surface area contributed by atoms with E-state index in [2.05, 4.69) is 5.32 Å². The van der Waals surface area contributed by atoms with Gasteiger partial charge in [0.25, 0.3) is 0 Å². The van der Waals surface area contributed by atoms with E-state index in [1.165, 1.54) is 0 Å². The SMILES string of the molecule is COc1ccc(C2C3=C(CCC3=O)NC3=C2C(=O)c2ccccc23)cc1. The van der Waals surface area contributed by atoms with Crippen molar-refractivity contribution in [1.82, 2.24) is 5.32 Å². The molecule has 26 heavy (non-hydrogen) atoms. The van der Waals surface area contributed by atoms with Crippen LogP contribution in [-0.2, 0) is 4.79 Å². The van der Waals surface area contributed by atoms with Crippen LogP contribution in [-0.4, -0.2) is 18.7 Å². The van der Waals surface area contributed by atoms with Gasteiger partial charge >= 0.3 is 0 Å². The van der Waals surface area contributed by atoms with Gasteiger partial charge in [-0.25, -0.2) is 0 Å². The Morgan fingerprint density at radius 1 is 0.923 bits per heavy atom. The van der Waals surface area contributed by atoms with Crippen LogP contribution < -0.4 is 10.1 Å². The quantitative estimate of drug-likeness (QED) is 0.905. The molecule has 1 aliphatic heterocycles. The summed E-state index contributed by atoms with van der Waals surface area (Å²) in [4.78, 5) is 25.8. The first kappa shape index (κ1) is 15.1. The van der Waals surface area contributed by atoms with Crippen LogP contribution in [0.25, 0.3) is 5.70 Å². The van der Waals surface area contributed by atoms with E-state index in [9.17, 15) is 9.59 Å². The number of fused-ring (bicyclic) bond motifs is 2. The Morgan fingerprint density at radius 3 is 2.38 bits per heavy atom. The number of Topliss-reactive ketones (excluding diaryl/α,β-unsaturated/α-hetero) is 2. The molecule has 1 N–H and O–H groups in total. The predicted molar refractivity (Wildman–Crippen MR) is 97.8 cm³/mol. The largest absolute Gasteiger partial charge is 0.497 e. The number of dihydropyridines is 1. The van der Waals surface area contributed by atoms with Gasteiger partial charge in [-0.2, -0.15) is 0 Å². The van der Waals surface area contributed by atoms with Crippen molar-refractivity contribution < 1.29 is 14.3 Å². The molecule has 4 heteroatoms. The second-order valence-corrected chi connectivity index (χ2v) is 6.81. The number of nitrogens with one attached hydrogen (secondary N) is 1. The van der Waals surface area contributed by atoms with Crippen molar-refractivity contribution in [2.45, 2.75) is 18.8 Å². The van der Waals surface area contributed by atoms with Gasteiger partial charge in [0.1, 0.15) is 5.75 Å². The number of hydrogen-bond acceptors (Lipinski definition) is 4. The number of rotatable bonds is 2. The van der Waals surface area contributed by atoms with Gasteiger partial charge in [0.2, 0.25) is 0 Å². The fourth-order valence-electron chi connectivity index (χ4n) is 4.28. The molecule has 2 aromatic carbocycles. The molecule has 0 aromatic heterocycles. The molecule has 1 heterocycles. The third kappa shape index (κ3) is 1.96. The topological polar surface area (TPSA) is 55.4 Å². The molecule has 0 saturated carbocycles. The molecule has 0 radical (unpaired) electrons. The lowest BCUT2D eigenvalue weighted by atomic mass is 9.80. The molecule has 128 valence electrons. The first-order valence-electron chi connectivity index (χ1n) is 8.74. The Labute approximate surface area is 151 Å². The number of ketones is 2. The fraction of sp³-hybridized carbons (Fsp3) is 0.182. The zero-order chi connectivity index (χ0) is 17.8. The van der Waals surface area contributed by atoms with Gasteiger partial charge in [-0.3, -0.25) is 9.59 Å². The van der Waals surface area contributed by atoms with Gasteiger partial charge in [-0.1, -0.05) is 36.4 Å². The van der Waals surface area contributed by atoms with Crippen LogP contribution in [0.5, 0.6) is 5.75 Å². The Kier molecular flexibility index (Phi) is 3.16. The normalized spacial score (nSPS) is 20.7. The number of allylic oxidation sites excluding steroid dienone is 3. The van der Waals surface area contributed by atoms with E-state index in [1.54, 1.807) is 7.11 Å². The number of carbonyl (C=O) groups excluding carboxylic acids is 2. The maximum Gasteiger partial charge on any atom is 0.192 e. The number of ether oxygens (including phenoxy) is 1. The van der Waals surface area contributed by atoms with Crippen molar-refractivity contribution in [3.63, 3.8) is 0 Å². The highest BCUT2D eigenvalue weighted by molar-refractivity contribution is 6.23. The molecule has 0 saturated heterocycles. The maximum atomic E-state index is 13.2. The Morgan fingerprint density at radius 2 is 1.65 bits per heavy atom. The van der Waals surface area contributed by atoms with Crippen LogP contribution >= 0.6 is 0 Å². The predicted octanol–water partition coefficient (Wildman–Crippen LogP) is 3.61. The lowest BCUT2D eigenvalue weighted by molar-refractivity contribution is -0.115. The van der Waals surface area contributed by atoms with E-state index in [4.69, 9.17) is 4.74 Å². The van der Waals surface area contributed by atoms with Crippen molar-refractivity contribution in [2.24, 2.45) is 0 Å². The number of carbonyl (C=O) groups is 2. The summed E-state index contributed by atoms with van der Waals surface area (Å²) in [6, 6.07) is 15.3. The number of methoxy groups -OCH3 is 1. The lowest BCUT2D eigenvalue weighted by Gasteiger charge is -2.27. The minimum absolute atomic E-state index is 0.00941. The molecule has 5 rings (SSSR count). The van der Waals surface area contributed by atoms with E-state index >= 15 is 0 Å². The molecule has 1 atom stereocenters. The zero-order valence-corrected chi connectivity index (χ0v) is 14.3. The summed E-state index contributed by atoms with van der Waals surface area (Å²) in [5.41, 5.74) is 5.83. The van der Waals surface area contributed by atoms with Crippen LogP contribution in [0.4, 0.5) is 0 Å². The molecule has 1 unspecified atom stereocenters. The highest BCUT2D eigenvalue weighted by Crippen LogP contribution is 2.49. The second kappa shape index (κ2) is 5.43. The summed E-state index contributed by atoms with van der Waals surface area (Å²) in [5.74, 6) is 0.575. The van der Waals surface area contributed by atoms with Gasteiger partial charge in [0.05, 0.1) is 12.8 Å². The third-order valence-corrected chi connectivity index (χ3v) is 5.48. The van der Waals surface area contributed by atoms with Crippen molar-refractivity contribution in [3.05, 3.63) is 82.1 Å². The molecule has 0 spiro atoms. The zero-order valence-electron chi connectivity index (χ0n) is 14.3.